The average Bonchev–Trinajstić information content (AvgIpc) is 1.68. The van der Waals surface area contributed by atoms with E-state index in [2.05, 4.69) is 5.32 Å². The van der Waals surface area contributed by atoms with Crippen LogP contribution in [0.3, 0.4) is 0 Å². The zero-order valence-corrected chi connectivity index (χ0v) is 4.89. The minimum atomic E-state index is -0.509. The molecule has 0 radical (unpaired) electrons. The first-order valence-electron chi connectivity index (χ1n) is 2.51. The van der Waals surface area contributed by atoms with Crippen molar-refractivity contribution >= 4 is 0 Å². The largest absolute Gasteiger partial charge is 0.391 e. The van der Waals surface area contributed by atoms with Gasteiger partial charge in [-0.2, -0.15) is 5.26 Å². The standard InChI is InChI=1S/C5H10N2O/c1-7-4-5(8)2-3-6/h5,7-8H,2,4H2,1H3/t5-/m1/s1. The molecule has 3 nitrogen and oxygen atoms in total. The summed E-state index contributed by atoms with van der Waals surface area (Å²) in [5.41, 5.74) is 0. The third kappa shape index (κ3) is 3.59. The smallest absolute Gasteiger partial charge is 0.0794 e. The number of nitrogens with one attached hydrogen (secondary N) is 1. The Balaban J connectivity index is 3.08. The van der Waals surface area contributed by atoms with Gasteiger partial charge in [-0.25, -0.2) is 0 Å². The van der Waals surface area contributed by atoms with Crippen LogP contribution < -0.4 is 5.32 Å². The van der Waals surface area contributed by atoms with Crippen LogP contribution in [0.25, 0.3) is 0 Å². The van der Waals surface area contributed by atoms with Crippen LogP contribution in [0.15, 0.2) is 0 Å². The Bertz CT molecular complexity index is 86.9. The van der Waals surface area contributed by atoms with Gasteiger partial charge in [-0.15, -0.1) is 0 Å². The van der Waals surface area contributed by atoms with Gasteiger partial charge in [0.1, 0.15) is 0 Å². The molecule has 0 saturated heterocycles. The van der Waals surface area contributed by atoms with Crippen molar-refractivity contribution in [1.82, 2.24) is 5.32 Å². The molecule has 0 aromatic rings. The van der Waals surface area contributed by atoms with E-state index in [0.717, 1.165) is 0 Å². The van der Waals surface area contributed by atoms with E-state index in [-0.39, 0.29) is 6.42 Å². The fourth-order valence-electron chi connectivity index (χ4n) is 0.413. The Morgan fingerprint density at radius 3 is 2.88 bits per heavy atom. The van der Waals surface area contributed by atoms with Crippen molar-refractivity contribution in [2.45, 2.75) is 12.5 Å². The van der Waals surface area contributed by atoms with Crippen LogP contribution in [-0.2, 0) is 0 Å². The van der Waals surface area contributed by atoms with E-state index in [9.17, 15) is 0 Å². The topological polar surface area (TPSA) is 56.0 Å². The summed E-state index contributed by atoms with van der Waals surface area (Å²) in [6.07, 6.45) is -0.300. The molecule has 0 aliphatic carbocycles. The molecule has 0 unspecified atom stereocenters. The predicted octanol–water partition coefficient (Wildman–Crippen LogP) is -0.520. The lowest BCUT2D eigenvalue weighted by molar-refractivity contribution is 0.179. The number of aliphatic hydroxyl groups is 1. The molecule has 0 spiro atoms. The van der Waals surface area contributed by atoms with Gasteiger partial charge in [0.15, 0.2) is 0 Å². The van der Waals surface area contributed by atoms with Crippen LogP contribution in [-0.4, -0.2) is 24.8 Å². The molecule has 0 saturated carbocycles. The van der Waals surface area contributed by atoms with Crippen LogP contribution in [0.2, 0.25) is 0 Å². The summed E-state index contributed by atoms with van der Waals surface area (Å²) in [6.45, 7) is 0.494. The maximum absolute atomic E-state index is 8.76. The molecule has 0 rings (SSSR count). The van der Waals surface area contributed by atoms with Gasteiger partial charge in [-0.05, 0) is 7.05 Å². The molecule has 8 heavy (non-hydrogen) atoms. The quantitative estimate of drug-likeness (QED) is 0.519. The van der Waals surface area contributed by atoms with Crippen molar-refractivity contribution in [2.75, 3.05) is 13.6 Å². The summed E-state index contributed by atoms with van der Waals surface area (Å²) in [6, 6.07) is 1.86. The number of hydrogen-bond donors (Lipinski definition) is 2. The molecule has 1 atom stereocenters. The zero-order chi connectivity index (χ0) is 6.41. The molecule has 0 heterocycles. The maximum Gasteiger partial charge on any atom is 0.0794 e. The van der Waals surface area contributed by atoms with E-state index in [0.29, 0.717) is 6.54 Å². The summed E-state index contributed by atoms with van der Waals surface area (Å²) in [7, 11) is 1.74. The third-order valence-corrected chi connectivity index (χ3v) is 0.767. The van der Waals surface area contributed by atoms with E-state index < -0.39 is 6.10 Å². The highest BCUT2D eigenvalue weighted by molar-refractivity contribution is 4.75. The lowest BCUT2D eigenvalue weighted by Gasteiger charge is -2.01. The molecule has 0 amide bonds. The van der Waals surface area contributed by atoms with E-state index in [1.165, 1.54) is 0 Å². The van der Waals surface area contributed by atoms with Crippen LogP contribution >= 0.6 is 0 Å². The molecule has 0 aliphatic heterocycles. The molecular formula is C5H10N2O. The number of aliphatic hydroxyl groups excluding tert-OH is 1. The highest BCUT2D eigenvalue weighted by atomic mass is 16.3. The van der Waals surface area contributed by atoms with Gasteiger partial charge < -0.3 is 10.4 Å². The highest BCUT2D eigenvalue weighted by Crippen LogP contribution is 1.84. The fraction of sp³-hybridized carbons (Fsp3) is 0.800. The van der Waals surface area contributed by atoms with Gasteiger partial charge >= 0.3 is 0 Å². The second-order valence-corrected chi connectivity index (χ2v) is 1.57. The first-order valence-corrected chi connectivity index (χ1v) is 2.51. The summed E-state index contributed by atoms with van der Waals surface area (Å²) < 4.78 is 0. The van der Waals surface area contributed by atoms with Gasteiger partial charge in [0, 0.05) is 6.54 Å². The molecular weight excluding hydrogens is 104 g/mol. The van der Waals surface area contributed by atoms with Crippen molar-refractivity contribution in [3.05, 3.63) is 0 Å². The van der Waals surface area contributed by atoms with Crippen molar-refractivity contribution in [2.24, 2.45) is 0 Å². The second-order valence-electron chi connectivity index (χ2n) is 1.57. The number of hydrogen-bond acceptors (Lipinski definition) is 3. The van der Waals surface area contributed by atoms with Gasteiger partial charge in [-0.1, -0.05) is 0 Å². The van der Waals surface area contributed by atoms with Crippen LogP contribution in [0, 0.1) is 11.3 Å². The Morgan fingerprint density at radius 2 is 2.50 bits per heavy atom. The SMILES string of the molecule is CNC[C@H](O)CC#N. The van der Waals surface area contributed by atoms with E-state index in [1.807, 2.05) is 6.07 Å². The van der Waals surface area contributed by atoms with Crippen molar-refractivity contribution < 1.29 is 5.11 Å². The third-order valence-electron chi connectivity index (χ3n) is 0.767. The zero-order valence-electron chi connectivity index (χ0n) is 4.89. The molecule has 0 fully saturated rings. The molecule has 3 heteroatoms. The number of rotatable bonds is 3. The molecule has 0 aliphatic rings. The number of nitriles is 1. The Morgan fingerprint density at radius 1 is 1.88 bits per heavy atom. The van der Waals surface area contributed by atoms with Crippen LogP contribution in [0.1, 0.15) is 6.42 Å². The average molecular weight is 114 g/mol. The lowest BCUT2D eigenvalue weighted by Crippen LogP contribution is -2.22. The first kappa shape index (κ1) is 7.41. The van der Waals surface area contributed by atoms with Gasteiger partial charge in [-0.3, -0.25) is 0 Å². The fourth-order valence-corrected chi connectivity index (χ4v) is 0.413. The van der Waals surface area contributed by atoms with Crippen molar-refractivity contribution in [1.29, 1.82) is 5.26 Å². The lowest BCUT2D eigenvalue weighted by atomic mass is 10.3. The second kappa shape index (κ2) is 4.57. The normalized spacial score (nSPS) is 12.6. The minimum Gasteiger partial charge on any atom is -0.391 e. The van der Waals surface area contributed by atoms with Crippen LogP contribution in [0.5, 0.6) is 0 Å². The Labute approximate surface area is 48.9 Å². The molecule has 0 bridgehead atoms. The highest BCUT2D eigenvalue weighted by Gasteiger charge is 1.97. The van der Waals surface area contributed by atoms with Crippen LogP contribution in [0.4, 0.5) is 0 Å². The Hall–Kier alpha value is -0.590. The minimum absolute atomic E-state index is 0.209. The molecule has 46 valence electrons. The predicted molar refractivity (Wildman–Crippen MR) is 30.2 cm³/mol. The monoisotopic (exact) mass is 114 g/mol. The summed E-state index contributed by atoms with van der Waals surface area (Å²) in [5.74, 6) is 0. The van der Waals surface area contributed by atoms with Gasteiger partial charge in [0.05, 0.1) is 18.6 Å². The van der Waals surface area contributed by atoms with E-state index in [1.54, 1.807) is 7.05 Å². The summed E-state index contributed by atoms with van der Waals surface area (Å²) in [5, 5.41) is 19.5. The van der Waals surface area contributed by atoms with Crippen molar-refractivity contribution in [3.63, 3.8) is 0 Å². The number of nitrogens with zero attached hydrogens (tertiary/aromatic N) is 1. The number of likely N-dealkylation sites (N-methyl/N-ethyl adjacent to an activating group) is 1. The molecule has 0 aromatic carbocycles. The van der Waals surface area contributed by atoms with E-state index in [4.69, 9.17) is 10.4 Å². The first-order chi connectivity index (χ1) is 3.81. The molecule has 2 N–H and O–H groups in total. The van der Waals surface area contributed by atoms with Gasteiger partial charge in [0.2, 0.25) is 0 Å². The van der Waals surface area contributed by atoms with Gasteiger partial charge in [0.25, 0.3) is 0 Å². The molecule has 0 aromatic heterocycles. The maximum atomic E-state index is 8.76. The summed E-state index contributed by atoms with van der Waals surface area (Å²) in [4.78, 5) is 0. The van der Waals surface area contributed by atoms with Crippen molar-refractivity contribution in [3.8, 4) is 6.07 Å². The Kier molecular flexibility index (Phi) is 4.23. The van der Waals surface area contributed by atoms with E-state index >= 15 is 0 Å². The summed E-state index contributed by atoms with van der Waals surface area (Å²) >= 11 is 0.